The van der Waals surface area contributed by atoms with E-state index in [1.165, 1.54) is 12.1 Å². The Labute approximate surface area is 210 Å². The third-order valence-electron chi connectivity index (χ3n) is 5.83. The molecule has 3 aromatic rings. The first-order chi connectivity index (χ1) is 16.4. The maximum Gasteiger partial charge on any atom is 0.407 e. The molecule has 2 amide bonds. The fourth-order valence-electron chi connectivity index (χ4n) is 4.11. The first-order valence-electron chi connectivity index (χ1n) is 10.8. The van der Waals surface area contributed by atoms with Crippen molar-refractivity contribution in [3.8, 4) is 11.1 Å². The third-order valence-corrected chi connectivity index (χ3v) is 6.77. The van der Waals surface area contributed by atoms with E-state index in [0.29, 0.717) is 15.7 Å². The van der Waals surface area contributed by atoms with Gasteiger partial charge in [0.25, 0.3) is 0 Å². The first-order valence-corrected chi connectivity index (χ1v) is 11.9. The fourth-order valence-corrected chi connectivity index (χ4v) is 4.58. The maximum atomic E-state index is 12.8. The molecule has 1 aliphatic rings. The zero-order chi connectivity index (χ0) is 24.2. The van der Waals surface area contributed by atoms with Crippen molar-refractivity contribution in [2.45, 2.75) is 25.3 Å². The third kappa shape index (κ3) is 4.91. The van der Waals surface area contributed by atoms with E-state index in [4.69, 9.17) is 4.74 Å². The van der Waals surface area contributed by atoms with Gasteiger partial charge in [0.05, 0.1) is 11.3 Å². The van der Waals surface area contributed by atoms with Crippen LogP contribution in [0.5, 0.6) is 0 Å². The van der Waals surface area contributed by atoms with E-state index in [1.54, 1.807) is 13.0 Å². The van der Waals surface area contributed by atoms with E-state index >= 15 is 0 Å². The quantitative estimate of drug-likeness (QED) is 0.337. The Morgan fingerprint density at radius 2 is 1.62 bits per heavy atom. The summed E-state index contributed by atoms with van der Waals surface area (Å²) in [5.41, 5.74) is 4.92. The SMILES string of the molecule is CC[C@H](NC(=O)OCC1c2ccccc2-c2ccccc21)C(=O)Nc1cc(C(=O)O)ccc1I. The number of nitrogens with one attached hydrogen (secondary N) is 2. The molecule has 0 aliphatic heterocycles. The molecule has 3 N–H and O–H groups in total. The number of carbonyl (C=O) groups excluding carboxylic acids is 2. The highest BCUT2D eigenvalue weighted by Crippen LogP contribution is 2.44. The number of carbonyl (C=O) groups is 3. The van der Waals surface area contributed by atoms with Crippen molar-refractivity contribution in [3.63, 3.8) is 0 Å². The van der Waals surface area contributed by atoms with Crippen molar-refractivity contribution in [3.05, 3.63) is 87.0 Å². The van der Waals surface area contributed by atoms with Crippen LogP contribution in [0.25, 0.3) is 11.1 Å². The summed E-state index contributed by atoms with van der Waals surface area (Å²) in [5.74, 6) is -1.61. The summed E-state index contributed by atoms with van der Waals surface area (Å²) in [6.45, 7) is 1.92. The van der Waals surface area contributed by atoms with Gasteiger partial charge in [0, 0.05) is 9.49 Å². The molecule has 0 aromatic heterocycles. The van der Waals surface area contributed by atoms with E-state index < -0.39 is 24.0 Å². The van der Waals surface area contributed by atoms with Gasteiger partial charge in [0.1, 0.15) is 12.6 Å². The number of anilines is 1. The van der Waals surface area contributed by atoms with Gasteiger partial charge in [-0.05, 0) is 69.5 Å². The number of rotatable bonds is 7. The Morgan fingerprint density at radius 1 is 1.00 bits per heavy atom. The van der Waals surface area contributed by atoms with E-state index in [9.17, 15) is 19.5 Å². The van der Waals surface area contributed by atoms with Crippen LogP contribution >= 0.6 is 22.6 Å². The summed E-state index contributed by atoms with van der Waals surface area (Å²) in [4.78, 5) is 36.6. The molecule has 0 fully saturated rings. The predicted molar refractivity (Wildman–Crippen MR) is 137 cm³/mol. The van der Waals surface area contributed by atoms with Crippen LogP contribution in [0.1, 0.15) is 40.7 Å². The molecule has 8 heteroatoms. The predicted octanol–water partition coefficient (Wildman–Crippen LogP) is 5.25. The van der Waals surface area contributed by atoms with Gasteiger partial charge in [-0.25, -0.2) is 9.59 Å². The largest absolute Gasteiger partial charge is 0.478 e. The molecule has 1 aliphatic carbocycles. The van der Waals surface area contributed by atoms with Gasteiger partial charge < -0.3 is 20.5 Å². The topological polar surface area (TPSA) is 105 Å². The molecule has 7 nitrogen and oxygen atoms in total. The molecule has 0 heterocycles. The molecule has 4 rings (SSSR count). The van der Waals surface area contributed by atoms with Crippen molar-refractivity contribution < 1.29 is 24.2 Å². The van der Waals surface area contributed by atoms with Crippen molar-refractivity contribution in [2.24, 2.45) is 0 Å². The van der Waals surface area contributed by atoms with Gasteiger partial charge in [-0.15, -0.1) is 0 Å². The number of hydrogen-bond acceptors (Lipinski definition) is 4. The smallest absolute Gasteiger partial charge is 0.407 e. The highest BCUT2D eigenvalue weighted by Gasteiger charge is 2.29. The number of halogens is 1. The van der Waals surface area contributed by atoms with Crippen LogP contribution in [0.4, 0.5) is 10.5 Å². The van der Waals surface area contributed by atoms with Crippen LogP contribution < -0.4 is 10.6 Å². The number of alkyl carbamates (subject to hydrolysis) is 1. The molecule has 0 spiro atoms. The lowest BCUT2D eigenvalue weighted by Crippen LogP contribution is -2.44. The summed E-state index contributed by atoms with van der Waals surface area (Å²) in [7, 11) is 0. The lowest BCUT2D eigenvalue weighted by molar-refractivity contribution is -0.118. The van der Waals surface area contributed by atoms with Crippen molar-refractivity contribution in [2.75, 3.05) is 11.9 Å². The van der Waals surface area contributed by atoms with Crippen LogP contribution in [0.15, 0.2) is 66.7 Å². The van der Waals surface area contributed by atoms with Gasteiger partial charge in [-0.1, -0.05) is 55.5 Å². The van der Waals surface area contributed by atoms with Crippen LogP contribution in [-0.2, 0) is 9.53 Å². The number of carboxylic acids is 1. The minimum Gasteiger partial charge on any atom is -0.478 e. The van der Waals surface area contributed by atoms with E-state index in [-0.39, 0.29) is 18.1 Å². The second-order valence-corrected chi connectivity index (χ2v) is 9.08. The molecule has 0 unspecified atom stereocenters. The number of carboxylic acid groups (broad SMARTS) is 1. The van der Waals surface area contributed by atoms with Gasteiger partial charge in [-0.3, -0.25) is 4.79 Å². The Kier molecular flexibility index (Phi) is 7.16. The summed E-state index contributed by atoms with van der Waals surface area (Å²) in [5, 5.41) is 14.5. The highest BCUT2D eigenvalue weighted by molar-refractivity contribution is 14.1. The monoisotopic (exact) mass is 570 g/mol. The highest BCUT2D eigenvalue weighted by atomic mass is 127. The zero-order valence-electron chi connectivity index (χ0n) is 18.4. The lowest BCUT2D eigenvalue weighted by Gasteiger charge is -2.19. The molecule has 34 heavy (non-hydrogen) atoms. The molecule has 174 valence electrons. The summed E-state index contributed by atoms with van der Waals surface area (Å²) in [6.07, 6.45) is -0.344. The van der Waals surface area contributed by atoms with Gasteiger partial charge in [0.15, 0.2) is 0 Å². The number of amides is 2. The lowest BCUT2D eigenvalue weighted by atomic mass is 9.98. The Balaban J connectivity index is 1.40. The zero-order valence-corrected chi connectivity index (χ0v) is 20.5. The van der Waals surface area contributed by atoms with Crippen LogP contribution in [0.3, 0.4) is 0 Å². The second kappa shape index (κ2) is 10.3. The minimum atomic E-state index is -1.09. The normalized spacial score (nSPS) is 12.9. The summed E-state index contributed by atoms with van der Waals surface area (Å²) >= 11 is 2.01. The van der Waals surface area contributed by atoms with Gasteiger partial charge >= 0.3 is 12.1 Å². The van der Waals surface area contributed by atoms with Crippen LogP contribution in [-0.4, -0.2) is 35.7 Å². The molecule has 0 bridgehead atoms. The van der Waals surface area contributed by atoms with Gasteiger partial charge in [0.2, 0.25) is 5.91 Å². The number of benzene rings is 3. The minimum absolute atomic E-state index is 0.0632. The molecular formula is C26H23IN2O5. The Bertz CT molecular complexity index is 1210. The first kappa shape index (κ1) is 23.7. The van der Waals surface area contributed by atoms with Gasteiger partial charge in [-0.2, -0.15) is 0 Å². The van der Waals surface area contributed by atoms with Crippen LogP contribution in [0, 0.1) is 3.57 Å². The molecular weight excluding hydrogens is 547 g/mol. The average molecular weight is 570 g/mol. The average Bonchev–Trinajstić information content (AvgIpc) is 3.16. The summed E-state index contributed by atoms with van der Waals surface area (Å²) in [6, 6.07) is 19.7. The van der Waals surface area contributed by atoms with E-state index in [1.807, 2.05) is 59.0 Å². The van der Waals surface area contributed by atoms with Crippen molar-refractivity contribution in [1.82, 2.24) is 5.32 Å². The summed E-state index contributed by atoms with van der Waals surface area (Å²) < 4.78 is 6.22. The standard InChI is InChI=1S/C26H23IN2O5/c1-2-22(24(30)28-23-13-15(25(31)32)11-12-21(23)27)29-26(33)34-14-20-18-9-5-3-7-16(18)17-8-4-6-10-19(17)20/h3-13,20,22H,2,14H2,1H3,(H,28,30)(H,29,33)(H,31,32)/t22-/m0/s1. The molecule has 0 saturated carbocycles. The maximum absolute atomic E-state index is 12.8. The molecule has 0 radical (unpaired) electrons. The number of aromatic carboxylic acids is 1. The number of hydrogen-bond donors (Lipinski definition) is 3. The second-order valence-electron chi connectivity index (χ2n) is 7.92. The Hall–Kier alpha value is -3.40. The molecule has 3 aromatic carbocycles. The van der Waals surface area contributed by atoms with Crippen molar-refractivity contribution >= 4 is 46.2 Å². The van der Waals surface area contributed by atoms with E-state index in [0.717, 1.165) is 22.3 Å². The van der Waals surface area contributed by atoms with Crippen LogP contribution in [0.2, 0.25) is 0 Å². The van der Waals surface area contributed by atoms with Crippen molar-refractivity contribution in [1.29, 1.82) is 0 Å². The molecule has 1 atom stereocenters. The number of fused-ring (bicyclic) bond motifs is 3. The van der Waals surface area contributed by atoms with E-state index in [2.05, 4.69) is 22.8 Å². The fraction of sp³-hybridized carbons (Fsp3) is 0.192. The molecule has 0 saturated heterocycles. The number of ether oxygens (including phenoxy) is 1. The Morgan fingerprint density at radius 3 is 2.21 bits per heavy atom.